The second-order valence-corrected chi connectivity index (χ2v) is 5.99. The molecular weight excluding hydrogens is 349 g/mol. The van der Waals surface area contributed by atoms with Crippen molar-refractivity contribution in [1.29, 1.82) is 0 Å². The van der Waals surface area contributed by atoms with Gasteiger partial charge < -0.3 is 10.6 Å². The van der Waals surface area contributed by atoms with Gasteiger partial charge in [-0.2, -0.15) is 13.2 Å². The van der Waals surface area contributed by atoms with Gasteiger partial charge in [-0.25, -0.2) is 0 Å². The van der Waals surface area contributed by atoms with Crippen LogP contribution >= 0.6 is 15.9 Å². The molecule has 1 fully saturated rings. The predicted octanol–water partition coefficient (Wildman–Crippen LogP) is 3.80. The van der Waals surface area contributed by atoms with Gasteiger partial charge in [0, 0.05) is 10.9 Å². The molecule has 1 saturated heterocycles. The Hall–Kier alpha value is -1.08. The first-order valence-corrected chi connectivity index (χ1v) is 7.53. The number of carbonyl (C=O) groups is 1. The summed E-state index contributed by atoms with van der Waals surface area (Å²) in [6, 6.07) is 3.21. The summed E-state index contributed by atoms with van der Waals surface area (Å²) in [5, 5.41) is 5.76. The molecule has 2 rings (SSSR count). The number of hydrogen-bond donors (Lipinski definition) is 2. The van der Waals surface area contributed by atoms with Crippen LogP contribution in [0, 0.1) is 5.92 Å². The molecule has 7 heteroatoms. The van der Waals surface area contributed by atoms with E-state index in [1.165, 1.54) is 6.07 Å². The average molecular weight is 365 g/mol. The molecule has 1 unspecified atom stereocenters. The standard InChI is InChI=1S/C14H16BrF3N2O/c15-11-3-2-10(14(16,17)18)7-12(11)20-13(21)4-1-9-5-6-19-8-9/h2-3,7,9,19H,1,4-6,8H2,(H,20,21). The lowest BCUT2D eigenvalue weighted by Crippen LogP contribution is -2.16. The minimum Gasteiger partial charge on any atom is -0.325 e. The molecule has 1 aromatic carbocycles. The van der Waals surface area contributed by atoms with Gasteiger partial charge in [-0.1, -0.05) is 0 Å². The van der Waals surface area contributed by atoms with Gasteiger partial charge in [0.25, 0.3) is 0 Å². The number of rotatable bonds is 4. The maximum absolute atomic E-state index is 12.7. The maximum atomic E-state index is 12.7. The van der Waals surface area contributed by atoms with Crippen LogP contribution in [-0.2, 0) is 11.0 Å². The molecule has 0 radical (unpaired) electrons. The quantitative estimate of drug-likeness (QED) is 0.853. The first kappa shape index (κ1) is 16.3. The molecule has 0 spiro atoms. The molecule has 3 nitrogen and oxygen atoms in total. The van der Waals surface area contributed by atoms with Crippen LogP contribution in [0.2, 0.25) is 0 Å². The van der Waals surface area contributed by atoms with E-state index in [9.17, 15) is 18.0 Å². The van der Waals surface area contributed by atoms with E-state index in [0.29, 0.717) is 16.8 Å². The number of hydrogen-bond acceptors (Lipinski definition) is 2. The molecular formula is C14H16BrF3N2O. The van der Waals surface area contributed by atoms with E-state index < -0.39 is 11.7 Å². The number of anilines is 1. The van der Waals surface area contributed by atoms with Crippen molar-refractivity contribution in [2.75, 3.05) is 18.4 Å². The molecule has 21 heavy (non-hydrogen) atoms. The molecule has 1 aliphatic rings. The summed E-state index contributed by atoms with van der Waals surface area (Å²) < 4.78 is 38.4. The van der Waals surface area contributed by atoms with Gasteiger partial charge in [-0.3, -0.25) is 4.79 Å². The van der Waals surface area contributed by atoms with Crippen molar-refractivity contribution in [3.8, 4) is 0 Å². The number of carbonyl (C=O) groups excluding carboxylic acids is 1. The van der Waals surface area contributed by atoms with Gasteiger partial charge in [-0.05, 0) is 66.0 Å². The van der Waals surface area contributed by atoms with Gasteiger partial charge in [-0.15, -0.1) is 0 Å². The van der Waals surface area contributed by atoms with Crippen LogP contribution in [0.5, 0.6) is 0 Å². The van der Waals surface area contributed by atoms with Crippen molar-refractivity contribution >= 4 is 27.5 Å². The molecule has 1 atom stereocenters. The Kier molecular flexibility index (Phi) is 5.27. The van der Waals surface area contributed by atoms with Gasteiger partial charge in [0.1, 0.15) is 0 Å². The molecule has 1 heterocycles. The van der Waals surface area contributed by atoms with Gasteiger partial charge in [0.15, 0.2) is 0 Å². The Balaban J connectivity index is 1.96. The highest BCUT2D eigenvalue weighted by Crippen LogP contribution is 2.34. The lowest BCUT2D eigenvalue weighted by atomic mass is 10.0. The highest BCUT2D eigenvalue weighted by molar-refractivity contribution is 9.10. The summed E-state index contributed by atoms with van der Waals surface area (Å²) >= 11 is 3.15. The Morgan fingerprint density at radius 3 is 2.81 bits per heavy atom. The third kappa shape index (κ3) is 4.71. The second kappa shape index (κ2) is 6.79. The molecule has 1 aliphatic heterocycles. The molecule has 2 N–H and O–H groups in total. The minimum atomic E-state index is -4.42. The summed E-state index contributed by atoms with van der Waals surface area (Å²) in [7, 11) is 0. The lowest BCUT2D eigenvalue weighted by molar-refractivity contribution is -0.137. The topological polar surface area (TPSA) is 41.1 Å². The van der Waals surface area contributed by atoms with Crippen molar-refractivity contribution in [1.82, 2.24) is 5.32 Å². The molecule has 116 valence electrons. The number of amides is 1. The first-order chi connectivity index (χ1) is 9.86. The van der Waals surface area contributed by atoms with E-state index in [2.05, 4.69) is 26.6 Å². The van der Waals surface area contributed by atoms with Crippen LogP contribution in [0.25, 0.3) is 0 Å². The molecule has 0 aliphatic carbocycles. The summed E-state index contributed by atoms with van der Waals surface area (Å²) in [4.78, 5) is 11.8. The smallest absolute Gasteiger partial charge is 0.325 e. The highest BCUT2D eigenvalue weighted by Gasteiger charge is 2.31. The zero-order valence-electron chi connectivity index (χ0n) is 11.3. The van der Waals surface area contributed by atoms with Gasteiger partial charge >= 0.3 is 6.18 Å². The van der Waals surface area contributed by atoms with Crippen molar-refractivity contribution < 1.29 is 18.0 Å². The van der Waals surface area contributed by atoms with Gasteiger partial charge in [0.05, 0.1) is 11.3 Å². The Labute approximate surface area is 129 Å². The fourth-order valence-corrected chi connectivity index (χ4v) is 2.65. The monoisotopic (exact) mass is 364 g/mol. The van der Waals surface area contributed by atoms with Crippen LogP contribution in [0.3, 0.4) is 0 Å². The van der Waals surface area contributed by atoms with Crippen LogP contribution in [0.15, 0.2) is 22.7 Å². The van der Waals surface area contributed by atoms with E-state index in [1.807, 2.05) is 0 Å². The molecule has 1 aromatic rings. The van der Waals surface area contributed by atoms with Crippen LogP contribution in [-0.4, -0.2) is 19.0 Å². The van der Waals surface area contributed by atoms with Crippen molar-refractivity contribution in [2.24, 2.45) is 5.92 Å². The fourth-order valence-electron chi connectivity index (χ4n) is 2.31. The minimum absolute atomic E-state index is 0.152. The van der Waals surface area contributed by atoms with Crippen LogP contribution < -0.4 is 10.6 Å². The molecule has 1 amide bonds. The number of halogens is 4. The van der Waals surface area contributed by atoms with E-state index in [4.69, 9.17) is 0 Å². The zero-order valence-corrected chi connectivity index (χ0v) is 12.9. The van der Waals surface area contributed by atoms with Crippen molar-refractivity contribution in [3.63, 3.8) is 0 Å². The molecule has 0 aromatic heterocycles. The summed E-state index contributed by atoms with van der Waals surface area (Å²) in [6.07, 6.45) is -2.32. The number of nitrogens with one attached hydrogen (secondary N) is 2. The number of benzene rings is 1. The normalized spacial score (nSPS) is 18.8. The van der Waals surface area contributed by atoms with E-state index in [-0.39, 0.29) is 11.6 Å². The molecule has 0 saturated carbocycles. The zero-order chi connectivity index (χ0) is 15.5. The third-order valence-corrected chi connectivity index (χ3v) is 4.20. The van der Waals surface area contributed by atoms with Gasteiger partial charge in [0.2, 0.25) is 5.91 Å². The van der Waals surface area contributed by atoms with E-state index in [0.717, 1.165) is 38.1 Å². The first-order valence-electron chi connectivity index (χ1n) is 6.73. The summed E-state index contributed by atoms with van der Waals surface area (Å²) in [5.41, 5.74) is -0.625. The Morgan fingerprint density at radius 1 is 1.43 bits per heavy atom. The highest BCUT2D eigenvalue weighted by atomic mass is 79.9. The average Bonchev–Trinajstić information content (AvgIpc) is 2.91. The fraction of sp³-hybridized carbons (Fsp3) is 0.500. The second-order valence-electron chi connectivity index (χ2n) is 5.14. The van der Waals surface area contributed by atoms with Crippen LogP contribution in [0.1, 0.15) is 24.8 Å². The lowest BCUT2D eigenvalue weighted by Gasteiger charge is -2.12. The Morgan fingerprint density at radius 2 is 2.19 bits per heavy atom. The summed E-state index contributed by atoms with van der Waals surface area (Å²) in [6.45, 7) is 1.87. The van der Waals surface area contributed by atoms with Crippen molar-refractivity contribution in [2.45, 2.75) is 25.4 Å². The summed E-state index contributed by atoms with van der Waals surface area (Å²) in [5.74, 6) is 0.211. The SMILES string of the molecule is O=C(CCC1CCNC1)Nc1cc(C(F)(F)F)ccc1Br. The largest absolute Gasteiger partial charge is 0.416 e. The molecule has 0 bridgehead atoms. The predicted molar refractivity (Wildman–Crippen MR) is 78.0 cm³/mol. The van der Waals surface area contributed by atoms with E-state index in [1.54, 1.807) is 0 Å². The van der Waals surface area contributed by atoms with Crippen LogP contribution in [0.4, 0.5) is 18.9 Å². The van der Waals surface area contributed by atoms with Crippen molar-refractivity contribution in [3.05, 3.63) is 28.2 Å². The Bertz CT molecular complexity index is 513. The number of alkyl halides is 3. The van der Waals surface area contributed by atoms with E-state index >= 15 is 0 Å². The third-order valence-electron chi connectivity index (χ3n) is 3.51. The maximum Gasteiger partial charge on any atom is 0.416 e.